The second kappa shape index (κ2) is 2.23. The van der Waals surface area contributed by atoms with Crippen molar-refractivity contribution in [3.8, 4) is 0 Å². The molecule has 0 saturated heterocycles. The fourth-order valence-electron chi connectivity index (χ4n) is 0.975. The van der Waals surface area contributed by atoms with E-state index >= 15 is 0 Å². The maximum absolute atomic E-state index is 3.94. The normalized spacial score (nSPS) is 13.2. The lowest BCUT2D eigenvalue weighted by molar-refractivity contribution is 0.928. The number of fused-ring (bicyclic) bond motifs is 1. The van der Waals surface area contributed by atoms with Crippen LogP contribution in [0.1, 0.15) is 11.3 Å². The predicted octanol–water partition coefficient (Wildman–Crippen LogP) is 0.686. The molecule has 0 atom stereocenters. The van der Waals surface area contributed by atoms with Crippen LogP contribution in [0.4, 0.5) is 5.82 Å². The van der Waals surface area contributed by atoms with Crippen LogP contribution in [0.2, 0.25) is 0 Å². The largest absolute Gasteiger partial charge is 0.307 e. The van der Waals surface area contributed by atoms with Gasteiger partial charge in [-0.25, -0.2) is 0 Å². The first kappa shape index (κ1) is 6.15. The molecule has 2 heterocycles. The quantitative estimate of drug-likeness (QED) is 0.568. The molecule has 0 aliphatic carbocycles. The van der Waals surface area contributed by atoms with Gasteiger partial charge in [-0.2, -0.15) is 5.10 Å². The summed E-state index contributed by atoms with van der Waals surface area (Å²) in [5.41, 5.74) is 7.70. The number of aryl methyl sites for hydroxylation is 1. The van der Waals surface area contributed by atoms with Crippen LogP contribution in [0.25, 0.3) is 6.08 Å². The number of aromatic nitrogens is 2. The first-order chi connectivity index (χ1) is 5.36. The Labute approximate surface area is 64.3 Å². The summed E-state index contributed by atoms with van der Waals surface area (Å²) in [6, 6.07) is 1.98. The Bertz CT molecular complexity index is 305. The Kier molecular flexibility index (Phi) is 1.25. The fourth-order valence-corrected chi connectivity index (χ4v) is 0.975. The molecule has 0 saturated carbocycles. The van der Waals surface area contributed by atoms with Crippen LogP contribution in [0.5, 0.6) is 0 Å². The van der Waals surface area contributed by atoms with E-state index < -0.39 is 0 Å². The Morgan fingerprint density at radius 3 is 3.18 bits per heavy atom. The summed E-state index contributed by atoms with van der Waals surface area (Å²) in [6.45, 7) is 1.92. The number of hydrogen-bond donors (Lipinski definition) is 2. The molecular weight excluding hydrogens is 140 g/mol. The third-order valence-corrected chi connectivity index (χ3v) is 1.48. The van der Waals surface area contributed by atoms with E-state index in [1.165, 1.54) is 0 Å². The minimum absolute atomic E-state index is 0.776. The highest BCUT2D eigenvalue weighted by Crippen LogP contribution is 2.14. The molecule has 0 aromatic carbocycles. The number of anilines is 1. The minimum Gasteiger partial charge on any atom is -0.307 e. The van der Waals surface area contributed by atoms with E-state index in [9.17, 15) is 0 Å². The first-order valence-electron chi connectivity index (χ1n) is 3.39. The molecule has 4 heteroatoms. The van der Waals surface area contributed by atoms with Gasteiger partial charge in [0.25, 0.3) is 0 Å². The molecule has 56 valence electrons. The minimum atomic E-state index is 0.776. The molecular formula is C7H8N4. The van der Waals surface area contributed by atoms with Gasteiger partial charge in [0, 0.05) is 11.8 Å². The molecule has 0 bridgehead atoms. The average Bonchev–Trinajstić information content (AvgIpc) is 2.04. The Morgan fingerprint density at radius 1 is 1.36 bits per heavy atom. The molecule has 11 heavy (non-hydrogen) atoms. The maximum atomic E-state index is 3.94. The van der Waals surface area contributed by atoms with Crippen LogP contribution >= 0.6 is 0 Å². The van der Waals surface area contributed by atoms with E-state index in [-0.39, 0.29) is 0 Å². The van der Waals surface area contributed by atoms with Crippen molar-refractivity contribution >= 4 is 11.9 Å². The fraction of sp³-hybridized carbons (Fsp3) is 0.143. The van der Waals surface area contributed by atoms with Gasteiger partial charge in [0.15, 0.2) is 5.82 Å². The van der Waals surface area contributed by atoms with Crippen LogP contribution in [0, 0.1) is 6.92 Å². The summed E-state index contributed by atoms with van der Waals surface area (Å²) in [5.74, 6) is 0.776. The zero-order valence-corrected chi connectivity index (χ0v) is 6.13. The highest BCUT2D eigenvalue weighted by Gasteiger charge is 2.03. The smallest absolute Gasteiger partial charge is 0.174 e. The first-order valence-corrected chi connectivity index (χ1v) is 3.39. The number of nitrogens with zero attached hydrogens (tertiary/aromatic N) is 2. The van der Waals surface area contributed by atoms with Crippen molar-refractivity contribution < 1.29 is 0 Å². The van der Waals surface area contributed by atoms with E-state index in [1.54, 1.807) is 0 Å². The summed E-state index contributed by atoms with van der Waals surface area (Å²) in [4.78, 5) is 0. The van der Waals surface area contributed by atoms with Gasteiger partial charge in [0.2, 0.25) is 0 Å². The molecule has 0 amide bonds. The monoisotopic (exact) mass is 148 g/mol. The van der Waals surface area contributed by atoms with Crippen LogP contribution in [0.3, 0.4) is 0 Å². The van der Waals surface area contributed by atoms with E-state index in [2.05, 4.69) is 21.0 Å². The van der Waals surface area contributed by atoms with Crippen molar-refractivity contribution in [1.29, 1.82) is 0 Å². The standard InChI is InChI=1S/C7H8N4/c1-5-4-6-2-3-8-10-7(6)11-9-5/h2-4,8H,1H3,(H,10,11). The number of hydrogen-bond acceptors (Lipinski definition) is 4. The van der Waals surface area contributed by atoms with Gasteiger partial charge in [-0.1, -0.05) is 0 Å². The lowest BCUT2D eigenvalue weighted by Gasteiger charge is -2.11. The zero-order chi connectivity index (χ0) is 7.68. The Balaban J connectivity index is 2.54. The van der Waals surface area contributed by atoms with Crippen molar-refractivity contribution in [1.82, 2.24) is 15.6 Å². The van der Waals surface area contributed by atoms with Gasteiger partial charge in [0.05, 0.1) is 5.69 Å². The van der Waals surface area contributed by atoms with Crippen molar-refractivity contribution in [2.45, 2.75) is 6.92 Å². The molecule has 0 spiro atoms. The predicted molar refractivity (Wildman–Crippen MR) is 42.6 cm³/mol. The molecule has 0 unspecified atom stereocenters. The second-order valence-electron chi connectivity index (χ2n) is 2.39. The highest BCUT2D eigenvalue weighted by molar-refractivity contribution is 5.64. The maximum Gasteiger partial charge on any atom is 0.174 e. The van der Waals surface area contributed by atoms with E-state index in [4.69, 9.17) is 0 Å². The van der Waals surface area contributed by atoms with E-state index in [0.717, 1.165) is 17.1 Å². The summed E-state index contributed by atoms with van der Waals surface area (Å²) in [6.07, 6.45) is 3.77. The van der Waals surface area contributed by atoms with Gasteiger partial charge < -0.3 is 5.43 Å². The van der Waals surface area contributed by atoms with E-state index in [0.29, 0.717) is 0 Å². The summed E-state index contributed by atoms with van der Waals surface area (Å²) in [5, 5.41) is 7.85. The Morgan fingerprint density at radius 2 is 2.27 bits per heavy atom. The molecule has 1 aliphatic heterocycles. The number of hydrazine groups is 1. The molecule has 1 aliphatic rings. The third-order valence-electron chi connectivity index (χ3n) is 1.48. The highest BCUT2D eigenvalue weighted by atomic mass is 15.4. The van der Waals surface area contributed by atoms with Gasteiger partial charge >= 0.3 is 0 Å². The van der Waals surface area contributed by atoms with Gasteiger partial charge in [0.1, 0.15) is 0 Å². The molecule has 1 aromatic heterocycles. The van der Waals surface area contributed by atoms with Crippen molar-refractivity contribution in [2.24, 2.45) is 0 Å². The van der Waals surface area contributed by atoms with Crippen LogP contribution in [0.15, 0.2) is 12.3 Å². The lowest BCUT2D eigenvalue weighted by Crippen LogP contribution is -2.19. The average molecular weight is 148 g/mol. The molecule has 0 fully saturated rings. The van der Waals surface area contributed by atoms with Crippen LogP contribution in [-0.2, 0) is 0 Å². The van der Waals surface area contributed by atoms with Crippen molar-refractivity contribution in [3.63, 3.8) is 0 Å². The summed E-state index contributed by atoms with van der Waals surface area (Å²) >= 11 is 0. The Hall–Kier alpha value is -1.58. The van der Waals surface area contributed by atoms with Crippen LogP contribution < -0.4 is 10.9 Å². The number of nitrogens with one attached hydrogen (secondary N) is 2. The second-order valence-corrected chi connectivity index (χ2v) is 2.39. The zero-order valence-electron chi connectivity index (χ0n) is 6.13. The molecule has 4 nitrogen and oxygen atoms in total. The van der Waals surface area contributed by atoms with Crippen molar-refractivity contribution in [3.05, 3.63) is 23.5 Å². The SMILES string of the molecule is Cc1cc2c(nn1)NNC=C2. The number of rotatable bonds is 0. The van der Waals surface area contributed by atoms with Crippen molar-refractivity contribution in [2.75, 3.05) is 5.43 Å². The van der Waals surface area contributed by atoms with Gasteiger partial charge in [-0.05, 0) is 19.1 Å². The topological polar surface area (TPSA) is 49.8 Å². The molecule has 0 radical (unpaired) electrons. The summed E-state index contributed by atoms with van der Waals surface area (Å²) in [7, 11) is 0. The van der Waals surface area contributed by atoms with Gasteiger partial charge in [-0.15, -0.1) is 5.10 Å². The van der Waals surface area contributed by atoms with E-state index in [1.807, 2.05) is 25.3 Å². The van der Waals surface area contributed by atoms with Crippen LogP contribution in [-0.4, -0.2) is 10.2 Å². The lowest BCUT2D eigenvalue weighted by atomic mass is 10.2. The third kappa shape index (κ3) is 1.02. The molecule has 2 rings (SSSR count). The molecule has 1 aromatic rings. The molecule has 2 N–H and O–H groups in total. The van der Waals surface area contributed by atoms with Gasteiger partial charge in [-0.3, -0.25) is 5.43 Å². The summed E-state index contributed by atoms with van der Waals surface area (Å²) < 4.78 is 0.